The monoisotopic (exact) mass is 234 g/mol. The van der Waals surface area contributed by atoms with Gasteiger partial charge in [-0.25, -0.2) is 0 Å². The van der Waals surface area contributed by atoms with E-state index in [9.17, 15) is 0 Å². The highest BCUT2D eigenvalue weighted by molar-refractivity contribution is 6.34. The van der Waals surface area contributed by atoms with Crippen LogP contribution in [0.5, 0.6) is 0 Å². The normalized spacial score (nSPS) is 10.5. The van der Waals surface area contributed by atoms with Crippen LogP contribution < -0.4 is 0 Å². The first-order chi connectivity index (χ1) is 6.72. The van der Waals surface area contributed by atoms with Gasteiger partial charge in [0.1, 0.15) is 6.79 Å². The van der Waals surface area contributed by atoms with E-state index in [1.165, 1.54) is 0 Å². The Labute approximate surface area is 93.7 Å². The first-order valence-corrected chi connectivity index (χ1v) is 4.99. The lowest BCUT2D eigenvalue weighted by Gasteiger charge is -2.04. The smallest absolute Gasteiger partial charge is 0.146 e. The Morgan fingerprint density at radius 1 is 1.14 bits per heavy atom. The van der Waals surface area contributed by atoms with Crippen LogP contribution in [0.1, 0.15) is 5.56 Å². The summed E-state index contributed by atoms with van der Waals surface area (Å²) in [6, 6.07) is 5.47. The van der Waals surface area contributed by atoms with E-state index in [0.717, 1.165) is 12.0 Å². The zero-order chi connectivity index (χ0) is 10.4. The molecule has 0 fully saturated rings. The average Bonchev–Trinajstić information content (AvgIpc) is 2.11. The quantitative estimate of drug-likeness (QED) is 0.576. The second-order valence-electron chi connectivity index (χ2n) is 2.84. The molecule has 0 spiro atoms. The molecule has 14 heavy (non-hydrogen) atoms. The number of hydrogen-bond acceptors (Lipinski definition) is 2. The van der Waals surface area contributed by atoms with Gasteiger partial charge in [-0.2, -0.15) is 0 Å². The summed E-state index contributed by atoms with van der Waals surface area (Å²) in [5.41, 5.74) is 1.07. The first kappa shape index (κ1) is 11.8. The minimum Gasteiger partial charge on any atom is -0.359 e. The molecule has 0 N–H and O–H groups in total. The molecule has 0 heterocycles. The van der Waals surface area contributed by atoms with Gasteiger partial charge in [-0.3, -0.25) is 0 Å². The Bertz CT molecular complexity index is 269. The van der Waals surface area contributed by atoms with Crippen molar-refractivity contribution < 1.29 is 9.47 Å². The van der Waals surface area contributed by atoms with Crippen molar-refractivity contribution in [1.82, 2.24) is 0 Å². The van der Waals surface area contributed by atoms with E-state index in [0.29, 0.717) is 23.4 Å². The fraction of sp³-hybridized carbons (Fsp3) is 0.400. The number of halogens is 2. The predicted octanol–water partition coefficient (Wildman–Crippen LogP) is 3.16. The van der Waals surface area contributed by atoms with E-state index in [4.69, 9.17) is 32.7 Å². The van der Waals surface area contributed by atoms with Crippen LogP contribution in [-0.2, 0) is 15.9 Å². The third-order valence-corrected chi connectivity index (χ3v) is 2.10. The molecule has 78 valence electrons. The number of hydrogen-bond donors (Lipinski definition) is 0. The van der Waals surface area contributed by atoms with Crippen molar-refractivity contribution in [3.05, 3.63) is 33.8 Å². The van der Waals surface area contributed by atoms with Crippen LogP contribution in [0.3, 0.4) is 0 Å². The van der Waals surface area contributed by atoms with Crippen LogP contribution in [0, 0.1) is 0 Å². The van der Waals surface area contributed by atoms with Gasteiger partial charge in [0, 0.05) is 17.2 Å². The number of ether oxygens (including phenoxy) is 2. The van der Waals surface area contributed by atoms with Gasteiger partial charge in [0.05, 0.1) is 6.61 Å². The van der Waals surface area contributed by atoms with Gasteiger partial charge in [-0.15, -0.1) is 0 Å². The van der Waals surface area contributed by atoms with Crippen LogP contribution >= 0.6 is 23.2 Å². The highest BCUT2D eigenvalue weighted by Gasteiger charge is 1.98. The van der Waals surface area contributed by atoms with Crippen molar-refractivity contribution in [2.24, 2.45) is 0 Å². The van der Waals surface area contributed by atoms with Crippen LogP contribution in [0.15, 0.2) is 18.2 Å². The Hall–Kier alpha value is -0.280. The van der Waals surface area contributed by atoms with Crippen molar-refractivity contribution in [2.75, 3.05) is 20.5 Å². The molecule has 0 amide bonds. The fourth-order valence-corrected chi connectivity index (χ4v) is 1.66. The molecule has 0 aliphatic heterocycles. The van der Waals surface area contributed by atoms with Crippen molar-refractivity contribution in [2.45, 2.75) is 6.42 Å². The predicted molar refractivity (Wildman–Crippen MR) is 58.0 cm³/mol. The summed E-state index contributed by atoms with van der Waals surface area (Å²) >= 11 is 11.7. The van der Waals surface area contributed by atoms with Crippen LogP contribution in [0.2, 0.25) is 10.0 Å². The third kappa shape index (κ3) is 4.29. The minimum atomic E-state index is 0.314. The molecule has 0 aliphatic carbocycles. The second kappa shape index (κ2) is 6.25. The molecule has 1 aromatic rings. The molecule has 0 aromatic heterocycles. The maximum atomic E-state index is 5.84. The zero-order valence-corrected chi connectivity index (χ0v) is 9.44. The van der Waals surface area contributed by atoms with Crippen LogP contribution in [0.25, 0.3) is 0 Å². The first-order valence-electron chi connectivity index (χ1n) is 4.24. The lowest BCUT2D eigenvalue weighted by molar-refractivity contribution is -0.0291. The number of benzene rings is 1. The van der Waals surface area contributed by atoms with Crippen molar-refractivity contribution in [3.8, 4) is 0 Å². The summed E-state index contributed by atoms with van der Waals surface area (Å²) in [5.74, 6) is 0. The van der Waals surface area contributed by atoms with Gasteiger partial charge in [0.15, 0.2) is 0 Å². The van der Waals surface area contributed by atoms with E-state index < -0.39 is 0 Å². The Morgan fingerprint density at radius 2 is 1.79 bits per heavy atom. The van der Waals surface area contributed by atoms with Gasteiger partial charge in [0.25, 0.3) is 0 Å². The summed E-state index contributed by atoms with van der Waals surface area (Å²) in [7, 11) is 1.59. The molecule has 1 aromatic carbocycles. The molecular weight excluding hydrogens is 223 g/mol. The zero-order valence-electron chi connectivity index (χ0n) is 7.93. The largest absolute Gasteiger partial charge is 0.359 e. The molecule has 0 saturated heterocycles. The Balaban J connectivity index is 2.42. The molecule has 2 nitrogen and oxygen atoms in total. The van der Waals surface area contributed by atoms with Gasteiger partial charge in [-0.05, 0) is 30.2 Å². The van der Waals surface area contributed by atoms with Crippen LogP contribution in [-0.4, -0.2) is 20.5 Å². The summed E-state index contributed by atoms with van der Waals surface area (Å²) < 4.78 is 9.91. The van der Waals surface area contributed by atoms with Crippen molar-refractivity contribution in [3.63, 3.8) is 0 Å². The van der Waals surface area contributed by atoms with Gasteiger partial charge in [-0.1, -0.05) is 23.2 Å². The fourth-order valence-electron chi connectivity index (χ4n) is 1.09. The van der Waals surface area contributed by atoms with Crippen LogP contribution in [0.4, 0.5) is 0 Å². The summed E-state index contributed by atoms with van der Waals surface area (Å²) in [6.07, 6.45) is 0.781. The molecule has 1 rings (SSSR count). The van der Waals surface area contributed by atoms with Crippen molar-refractivity contribution >= 4 is 23.2 Å². The number of rotatable bonds is 5. The second-order valence-corrected chi connectivity index (χ2v) is 3.72. The topological polar surface area (TPSA) is 18.5 Å². The summed E-state index contributed by atoms with van der Waals surface area (Å²) in [6.45, 7) is 0.915. The van der Waals surface area contributed by atoms with E-state index in [1.54, 1.807) is 13.2 Å². The summed E-state index contributed by atoms with van der Waals surface area (Å²) in [5, 5.41) is 1.30. The molecule has 0 aliphatic rings. The standard InChI is InChI=1S/C10H12Cl2O2/c1-13-7-14-3-2-8-4-9(11)6-10(12)5-8/h4-6H,2-3,7H2,1H3. The van der Waals surface area contributed by atoms with Gasteiger partial charge >= 0.3 is 0 Å². The average molecular weight is 235 g/mol. The summed E-state index contributed by atoms with van der Waals surface area (Å²) in [4.78, 5) is 0. The SMILES string of the molecule is COCOCCc1cc(Cl)cc(Cl)c1. The molecular formula is C10H12Cl2O2. The maximum absolute atomic E-state index is 5.84. The molecule has 4 heteroatoms. The number of methoxy groups -OCH3 is 1. The molecule has 0 radical (unpaired) electrons. The minimum absolute atomic E-state index is 0.314. The van der Waals surface area contributed by atoms with E-state index in [1.807, 2.05) is 12.1 Å². The lowest BCUT2D eigenvalue weighted by atomic mass is 10.2. The molecule has 0 unspecified atom stereocenters. The lowest BCUT2D eigenvalue weighted by Crippen LogP contribution is -2.01. The molecule has 0 saturated carbocycles. The van der Waals surface area contributed by atoms with Crippen molar-refractivity contribution in [1.29, 1.82) is 0 Å². The van der Waals surface area contributed by atoms with Gasteiger partial charge < -0.3 is 9.47 Å². The van der Waals surface area contributed by atoms with E-state index in [2.05, 4.69) is 0 Å². The van der Waals surface area contributed by atoms with E-state index in [-0.39, 0.29) is 0 Å². The Morgan fingerprint density at radius 3 is 2.36 bits per heavy atom. The van der Waals surface area contributed by atoms with Gasteiger partial charge in [0.2, 0.25) is 0 Å². The molecule has 0 atom stereocenters. The van der Waals surface area contributed by atoms with E-state index >= 15 is 0 Å². The third-order valence-electron chi connectivity index (χ3n) is 1.66. The maximum Gasteiger partial charge on any atom is 0.146 e. The highest BCUT2D eigenvalue weighted by atomic mass is 35.5. The highest BCUT2D eigenvalue weighted by Crippen LogP contribution is 2.19. The Kier molecular flexibility index (Phi) is 5.26. The molecule has 0 bridgehead atoms.